The van der Waals surface area contributed by atoms with E-state index in [-0.39, 0.29) is 13.0 Å². The molecular formula is C13H24N4O10. The first-order valence-corrected chi connectivity index (χ1v) is 8.11. The molecule has 1 aliphatic rings. The Kier molecular flexibility index (Phi) is 7.08. The van der Waals surface area contributed by atoms with Crippen LogP contribution in [0.3, 0.4) is 0 Å². The van der Waals surface area contributed by atoms with E-state index in [1.165, 1.54) is 0 Å². The topological polar surface area (TPSA) is 181 Å². The molecule has 3 atom stereocenters. The van der Waals surface area contributed by atoms with Gasteiger partial charge in [0.1, 0.15) is 13.2 Å². The fourth-order valence-corrected chi connectivity index (χ4v) is 3.71. The van der Waals surface area contributed by atoms with Gasteiger partial charge in [0.05, 0.1) is 6.61 Å². The molecule has 0 spiro atoms. The van der Waals surface area contributed by atoms with Gasteiger partial charge in [-0.2, -0.15) is 5.06 Å². The fraction of sp³-hybridized carbons (Fsp3) is 1.00. The Bertz CT molecular complexity index is 569. The van der Waals surface area contributed by atoms with Crippen molar-refractivity contribution in [3.05, 3.63) is 30.3 Å². The Hall–Kier alpha value is -2.48. The summed E-state index contributed by atoms with van der Waals surface area (Å²) in [6.45, 7) is 5.22. The first-order chi connectivity index (χ1) is 12.3. The van der Waals surface area contributed by atoms with Gasteiger partial charge < -0.3 is 19.7 Å². The molecule has 1 heterocycles. The third-order valence-electron chi connectivity index (χ3n) is 5.29. The van der Waals surface area contributed by atoms with Crippen LogP contribution in [0.5, 0.6) is 0 Å². The van der Waals surface area contributed by atoms with Crippen LogP contribution >= 0.6 is 0 Å². The Morgan fingerprint density at radius 1 is 0.889 bits per heavy atom. The molecule has 0 bridgehead atoms. The van der Waals surface area contributed by atoms with E-state index in [0.717, 1.165) is 5.06 Å². The summed E-state index contributed by atoms with van der Waals surface area (Å²) in [6.07, 6.45) is 0.112. The first-order valence-electron chi connectivity index (χ1n) is 8.11. The Labute approximate surface area is 154 Å². The summed E-state index contributed by atoms with van der Waals surface area (Å²) in [5.41, 5.74) is -2.18. The van der Waals surface area contributed by atoms with Crippen LogP contribution in [0.25, 0.3) is 0 Å². The van der Waals surface area contributed by atoms with Gasteiger partial charge in [0.2, 0.25) is 0 Å². The molecule has 0 amide bonds. The lowest BCUT2D eigenvalue weighted by atomic mass is 9.76. The smallest absolute Gasteiger partial charge is 0.294 e. The number of hydrogen-bond acceptors (Lipinski definition) is 11. The maximum Gasteiger partial charge on any atom is 0.294 e. The van der Waals surface area contributed by atoms with Crippen molar-refractivity contribution in [2.75, 3.05) is 19.8 Å². The van der Waals surface area contributed by atoms with Crippen LogP contribution < -0.4 is 0 Å². The average Bonchev–Trinajstić information content (AvgIpc) is 2.57. The lowest BCUT2D eigenvalue weighted by Gasteiger charge is -2.47. The number of hydrogen-bond donors (Lipinski definition) is 1. The predicted molar refractivity (Wildman–Crippen MR) is 85.7 cm³/mol. The van der Waals surface area contributed by atoms with Crippen LogP contribution in [0.15, 0.2) is 0 Å². The average molecular weight is 396 g/mol. The summed E-state index contributed by atoms with van der Waals surface area (Å²) in [5, 5.41) is 40.7. The zero-order chi connectivity index (χ0) is 21.0. The second-order valence-electron chi connectivity index (χ2n) is 7.48. The predicted octanol–water partition coefficient (Wildman–Crippen LogP) is 1.11. The number of hydroxylamine groups is 2. The van der Waals surface area contributed by atoms with Crippen molar-refractivity contribution >= 4 is 0 Å². The van der Waals surface area contributed by atoms with Crippen molar-refractivity contribution in [3.63, 3.8) is 0 Å². The molecule has 0 aromatic rings. The van der Waals surface area contributed by atoms with Crippen LogP contribution in [0, 0.1) is 48.1 Å². The molecule has 27 heavy (non-hydrogen) atoms. The minimum absolute atomic E-state index is 0.112. The van der Waals surface area contributed by atoms with E-state index in [0.29, 0.717) is 0 Å². The number of nitrogens with zero attached hydrogens (tertiary/aromatic N) is 4. The van der Waals surface area contributed by atoms with E-state index < -0.39 is 57.3 Å². The molecule has 0 radical (unpaired) electrons. The first kappa shape index (κ1) is 22.6. The van der Waals surface area contributed by atoms with Gasteiger partial charge in [0.25, 0.3) is 15.3 Å². The summed E-state index contributed by atoms with van der Waals surface area (Å²) < 4.78 is 0. The highest BCUT2D eigenvalue weighted by Gasteiger charge is 2.53. The van der Waals surface area contributed by atoms with Crippen LogP contribution in [-0.4, -0.2) is 56.4 Å². The second-order valence-corrected chi connectivity index (χ2v) is 7.48. The molecule has 0 saturated carbocycles. The van der Waals surface area contributed by atoms with Gasteiger partial charge in [-0.3, -0.25) is 0 Å². The Morgan fingerprint density at radius 3 is 1.81 bits per heavy atom. The van der Waals surface area contributed by atoms with Gasteiger partial charge in [-0.25, -0.2) is 0 Å². The molecule has 0 aliphatic carbocycles. The van der Waals surface area contributed by atoms with Crippen LogP contribution in [-0.2, 0) is 14.5 Å². The van der Waals surface area contributed by atoms with Gasteiger partial charge >= 0.3 is 0 Å². The number of rotatable bonds is 9. The largest absolute Gasteiger partial charge is 0.314 e. The standard InChI is InChI=1S/C13H24N4O10/c1-12(2)10(7-26-16(21)22)5-9(6-25-15(19)20)11(8-27-17(23)24)13(3,4)14(12)18/h9-11,18H,5-8H2,1-4H3. The fourth-order valence-electron chi connectivity index (χ4n) is 3.71. The summed E-state index contributed by atoms with van der Waals surface area (Å²) in [7, 11) is 0. The van der Waals surface area contributed by atoms with Gasteiger partial charge in [-0.1, -0.05) is 0 Å². The molecule has 1 N–H and O–H groups in total. The van der Waals surface area contributed by atoms with Crippen LogP contribution in [0.1, 0.15) is 34.1 Å². The van der Waals surface area contributed by atoms with Crippen LogP contribution in [0.4, 0.5) is 0 Å². The third kappa shape index (κ3) is 5.50. The summed E-state index contributed by atoms with van der Waals surface area (Å²) >= 11 is 0. The molecule has 14 heteroatoms. The molecule has 0 aromatic heterocycles. The molecule has 3 unspecified atom stereocenters. The van der Waals surface area contributed by atoms with Gasteiger partial charge in [0.15, 0.2) is 0 Å². The molecule has 156 valence electrons. The third-order valence-corrected chi connectivity index (χ3v) is 5.29. The summed E-state index contributed by atoms with van der Waals surface area (Å²) in [5.74, 6) is -2.07. The van der Waals surface area contributed by atoms with Crippen molar-refractivity contribution in [2.45, 2.75) is 45.2 Å². The molecule has 0 aromatic carbocycles. The zero-order valence-electron chi connectivity index (χ0n) is 15.5. The van der Waals surface area contributed by atoms with Crippen LogP contribution in [0.2, 0.25) is 0 Å². The monoisotopic (exact) mass is 396 g/mol. The van der Waals surface area contributed by atoms with Crippen molar-refractivity contribution < 1.29 is 35.0 Å². The van der Waals surface area contributed by atoms with Crippen molar-refractivity contribution in [1.82, 2.24) is 5.06 Å². The van der Waals surface area contributed by atoms with E-state index in [2.05, 4.69) is 14.5 Å². The molecule has 1 aliphatic heterocycles. The zero-order valence-corrected chi connectivity index (χ0v) is 15.5. The quantitative estimate of drug-likeness (QED) is 0.435. The van der Waals surface area contributed by atoms with Crippen molar-refractivity contribution in [3.8, 4) is 0 Å². The molecule has 1 rings (SSSR count). The normalized spacial score (nSPS) is 27.2. The van der Waals surface area contributed by atoms with Gasteiger partial charge in [-0.05, 0) is 40.0 Å². The van der Waals surface area contributed by atoms with E-state index in [1.807, 2.05) is 0 Å². The molecule has 1 fully saturated rings. The van der Waals surface area contributed by atoms with E-state index in [1.54, 1.807) is 27.7 Å². The lowest BCUT2D eigenvalue weighted by Crippen LogP contribution is -2.59. The molecule has 14 nitrogen and oxygen atoms in total. The molecular weight excluding hydrogens is 372 g/mol. The van der Waals surface area contributed by atoms with E-state index in [9.17, 15) is 35.6 Å². The Morgan fingerprint density at radius 2 is 1.33 bits per heavy atom. The van der Waals surface area contributed by atoms with Gasteiger partial charge in [0, 0.05) is 22.9 Å². The molecule has 1 saturated heterocycles. The summed E-state index contributed by atoms with van der Waals surface area (Å²) in [6, 6.07) is 0. The second kappa shape index (κ2) is 8.47. The highest BCUT2D eigenvalue weighted by atomic mass is 17.0. The lowest BCUT2D eigenvalue weighted by molar-refractivity contribution is -0.764. The van der Waals surface area contributed by atoms with E-state index >= 15 is 0 Å². The van der Waals surface area contributed by atoms with Crippen molar-refractivity contribution in [2.24, 2.45) is 17.8 Å². The maximum absolute atomic E-state index is 10.8. The minimum Gasteiger partial charge on any atom is -0.314 e. The van der Waals surface area contributed by atoms with E-state index in [4.69, 9.17) is 0 Å². The SMILES string of the molecule is CC1(C)C(CO[N+](=O)[O-])CC(CO[N+](=O)[O-])C(CO[N+](=O)[O-])C(C)(C)N1O. The van der Waals surface area contributed by atoms with Crippen molar-refractivity contribution in [1.29, 1.82) is 0 Å². The van der Waals surface area contributed by atoms with Gasteiger partial charge in [-0.15, -0.1) is 30.3 Å². The maximum atomic E-state index is 10.8. The highest BCUT2D eigenvalue weighted by Crippen LogP contribution is 2.45. The minimum atomic E-state index is -1.13. The highest BCUT2D eigenvalue weighted by molar-refractivity contribution is 5.01. The Balaban J connectivity index is 3.26. The summed E-state index contributed by atoms with van der Waals surface area (Å²) in [4.78, 5) is 45.3.